The van der Waals surface area contributed by atoms with Crippen molar-refractivity contribution >= 4 is 29.4 Å². The number of nitrogens with zero attached hydrogens (tertiary/aromatic N) is 2. The van der Waals surface area contributed by atoms with Gasteiger partial charge in [0.15, 0.2) is 0 Å². The minimum atomic E-state index is -5.08. The van der Waals surface area contributed by atoms with E-state index in [0.29, 0.717) is 35.3 Å². The van der Waals surface area contributed by atoms with Gasteiger partial charge in [-0.25, -0.2) is 4.79 Å². The molecule has 4 rings (SSSR count). The Morgan fingerprint density at radius 2 is 1.89 bits per heavy atom. The third kappa shape index (κ3) is 5.83. The number of carboxylic acids is 1. The second-order valence-electron chi connectivity index (χ2n) is 9.06. The minimum Gasteiger partial charge on any atom is -0.496 e. The molecule has 2 amide bonds. The van der Waals surface area contributed by atoms with Crippen molar-refractivity contribution in [2.75, 3.05) is 39.8 Å². The van der Waals surface area contributed by atoms with E-state index in [4.69, 9.17) is 26.2 Å². The first kappa shape index (κ1) is 27.1. The maximum atomic E-state index is 13.0. The molecule has 0 saturated carbocycles. The maximum Gasteiger partial charge on any atom is 0.490 e. The van der Waals surface area contributed by atoms with Crippen LogP contribution in [0.15, 0.2) is 18.2 Å². The maximum absolute atomic E-state index is 13.0. The monoisotopic (exact) mass is 519 g/mol. The number of carboxylic acid groups (broad SMARTS) is 1. The summed E-state index contributed by atoms with van der Waals surface area (Å²) in [6.07, 6.45) is -2.36. The summed E-state index contributed by atoms with van der Waals surface area (Å²) in [6.45, 7) is 6.37. The summed E-state index contributed by atoms with van der Waals surface area (Å²) in [5.41, 5.74) is 0.372. The van der Waals surface area contributed by atoms with E-state index >= 15 is 0 Å². The summed E-state index contributed by atoms with van der Waals surface area (Å²) in [7, 11) is 1.55. The molecule has 0 bridgehead atoms. The fourth-order valence-corrected chi connectivity index (χ4v) is 5.42. The number of likely N-dealkylation sites (tertiary alicyclic amines) is 2. The van der Waals surface area contributed by atoms with Crippen LogP contribution in [0.2, 0.25) is 5.02 Å². The summed E-state index contributed by atoms with van der Waals surface area (Å²) in [4.78, 5) is 38.8. The van der Waals surface area contributed by atoms with Gasteiger partial charge in [-0.1, -0.05) is 18.5 Å². The van der Waals surface area contributed by atoms with E-state index in [1.165, 1.54) is 0 Å². The standard InChI is InChI=1S/C21H28ClN3O3.C2HF3O2/c1-3-8-24-12-16-17(13-24)21(23-19(16)26)6-9-25(10-7-21)20(27)15-5-4-14(22)11-18(15)28-2;3-2(4,5)1(6)7/h4-5,11,16-17H,3,6-10,12-13H2,1-2H3,(H,23,26);(H,6,7)/t16-,17+;/m1./s1. The number of methoxy groups -OCH3 is 1. The molecule has 3 saturated heterocycles. The van der Waals surface area contributed by atoms with Crippen molar-refractivity contribution in [1.29, 1.82) is 0 Å². The summed E-state index contributed by atoms with van der Waals surface area (Å²) in [6, 6.07) is 5.11. The summed E-state index contributed by atoms with van der Waals surface area (Å²) >= 11 is 6.02. The summed E-state index contributed by atoms with van der Waals surface area (Å²) < 4.78 is 37.1. The Kier molecular flexibility index (Phi) is 8.21. The Balaban J connectivity index is 0.000000429. The van der Waals surface area contributed by atoms with Crippen LogP contribution in [0.4, 0.5) is 13.2 Å². The van der Waals surface area contributed by atoms with Crippen LogP contribution < -0.4 is 10.1 Å². The number of ether oxygens (including phenoxy) is 1. The molecule has 194 valence electrons. The van der Waals surface area contributed by atoms with Crippen LogP contribution >= 0.6 is 11.6 Å². The van der Waals surface area contributed by atoms with Gasteiger partial charge in [-0.2, -0.15) is 13.2 Å². The molecule has 3 heterocycles. The topological polar surface area (TPSA) is 99.2 Å². The van der Waals surface area contributed by atoms with Crippen molar-refractivity contribution in [3.63, 3.8) is 0 Å². The van der Waals surface area contributed by atoms with Crippen molar-refractivity contribution in [1.82, 2.24) is 15.1 Å². The molecule has 12 heteroatoms. The second-order valence-corrected chi connectivity index (χ2v) is 9.49. The van der Waals surface area contributed by atoms with Gasteiger partial charge in [-0.15, -0.1) is 0 Å². The molecule has 8 nitrogen and oxygen atoms in total. The highest BCUT2D eigenvalue weighted by atomic mass is 35.5. The molecule has 0 aromatic heterocycles. The fourth-order valence-electron chi connectivity index (χ4n) is 5.26. The van der Waals surface area contributed by atoms with E-state index in [9.17, 15) is 22.8 Å². The highest BCUT2D eigenvalue weighted by Gasteiger charge is 2.57. The van der Waals surface area contributed by atoms with Crippen LogP contribution in [0, 0.1) is 11.8 Å². The molecule has 2 N–H and O–H groups in total. The predicted octanol–water partition coefficient (Wildman–Crippen LogP) is 3.04. The van der Waals surface area contributed by atoms with Gasteiger partial charge >= 0.3 is 12.1 Å². The molecule has 1 aromatic carbocycles. The number of hydrogen-bond donors (Lipinski definition) is 2. The van der Waals surface area contributed by atoms with Crippen molar-refractivity contribution in [3.05, 3.63) is 28.8 Å². The number of rotatable bonds is 4. The third-order valence-corrected chi connectivity index (χ3v) is 7.17. The Hall–Kier alpha value is -2.53. The van der Waals surface area contributed by atoms with Gasteiger partial charge in [0.1, 0.15) is 5.75 Å². The number of hydrogen-bond acceptors (Lipinski definition) is 5. The Labute approximate surface area is 206 Å². The Bertz CT molecular complexity index is 966. The van der Waals surface area contributed by atoms with Gasteiger partial charge in [-0.3, -0.25) is 9.59 Å². The molecule has 1 spiro atoms. The van der Waals surface area contributed by atoms with Gasteiger partial charge in [0, 0.05) is 42.7 Å². The molecule has 0 radical (unpaired) electrons. The average Bonchev–Trinajstić information content (AvgIpc) is 3.33. The SMILES string of the molecule is CCCN1C[C@H]2C(=O)NC3(CCN(C(=O)c4ccc(Cl)cc4OC)CC3)[C@H]2C1.O=C(O)C(F)(F)F. The van der Waals surface area contributed by atoms with Gasteiger partial charge in [0.25, 0.3) is 5.91 Å². The fraction of sp³-hybridized carbons (Fsp3) is 0.609. The second kappa shape index (κ2) is 10.6. The zero-order chi connectivity index (χ0) is 26.0. The van der Waals surface area contributed by atoms with E-state index in [1.807, 2.05) is 4.90 Å². The molecular formula is C23H29ClF3N3O5. The summed E-state index contributed by atoms with van der Waals surface area (Å²) in [5, 5.41) is 11.0. The van der Waals surface area contributed by atoms with Crippen molar-refractivity contribution < 1.29 is 37.4 Å². The molecule has 3 aliphatic rings. The van der Waals surface area contributed by atoms with E-state index in [1.54, 1.807) is 25.3 Å². The zero-order valence-corrected chi connectivity index (χ0v) is 20.3. The average molecular weight is 520 g/mol. The number of piperidine rings is 1. The van der Waals surface area contributed by atoms with Crippen molar-refractivity contribution in [2.45, 2.75) is 37.9 Å². The molecule has 0 unspecified atom stereocenters. The smallest absolute Gasteiger partial charge is 0.490 e. The first-order valence-corrected chi connectivity index (χ1v) is 11.8. The molecule has 3 aliphatic heterocycles. The number of halogens is 4. The number of carbonyl (C=O) groups is 3. The Morgan fingerprint density at radius 3 is 2.43 bits per heavy atom. The predicted molar refractivity (Wildman–Crippen MR) is 121 cm³/mol. The van der Waals surface area contributed by atoms with Gasteiger partial charge in [-0.05, 0) is 44.0 Å². The highest BCUT2D eigenvalue weighted by molar-refractivity contribution is 6.30. The van der Waals surface area contributed by atoms with Gasteiger partial charge < -0.3 is 25.0 Å². The summed E-state index contributed by atoms with van der Waals surface area (Å²) in [5.74, 6) is -1.64. The quantitative estimate of drug-likeness (QED) is 0.634. The lowest BCUT2D eigenvalue weighted by Gasteiger charge is -2.43. The number of nitrogens with one attached hydrogen (secondary N) is 1. The lowest BCUT2D eigenvalue weighted by molar-refractivity contribution is -0.192. The molecule has 3 fully saturated rings. The van der Waals surface area contributed by atoms with E-state index in [2.05, 4.69) is 17.1 Å². The molecular weight excluding hydrogens is 491 g/mol. The van der Waals surface area contributed by atoms with Gasteiger partial charge in [0.05, 0.1) is 18.6 Å². The van der Waals surface area contributed by atoms with Crippen LogP contribution in [-0.2, 0) is 9.59 Å². The number of aliphatic carboxylic acids is 1. The number of amides is 2. The van der Waals surface area contributed by atoms with Crippen LogP contribution in [0.1, 0.15) is 36.5 Å². The molecule has 35 heavy (non-hydrogen) atoms. The van der Waals surface area contributed by atoms with Crippen LogP contribution in [0.5, 0.6) is 5.75 Å². The van der Waals surface area contributed by atoms with E-state index < -0.39 is 12.1 Å². The first-order valence-electron chi connectivity index (χ1n) is 11.4. The van der Waals surface area contributed by atoms with Gasteiger partial charge in [0.2, 0.25) is 5.91 Å². The highest BCUT2D eigenvalue weighted by Crippen LogP contribution is 2.44. The molecule has 2 atom stereocenters. The lowest BCUT2D eigenvalue weighted by atomic mass is 9.75. The van der Waals surface area contributed by atoms with Crippen LogP contribution in [0.25, 0.3) is 0 Å². The third-order valence-electron chi connectivity index (χ3n) is 6.93. The normalized spacial score (nSPS) is 23.4. The minimum absolute atomic E-state index is 0.0386. The lowest BCUT2D eigenvalue weighted by Crippen LogP contribution is -2.56. The Morgan fingerprint density at radius 1 is 1.26 bits per heavy atom. The molecule has 0 aliphatic carbocycles. The van der Waals surface area contributed by atoms with E-state index in [0.717, 1.165) is 38.9 Å². The van der Waals surface area contributed by atoms with E-state index in [-0.39, 0.29) is 23.3 Å². The number of alkyl halides is 3. The number of benzene rings is 1. The number of carbonyl (C=O) groups excluding carboxylic acids is 2. The first-order chi connectivity index (χ1) is 16.4. The van der Waals surface area contributed by atoms with Crippen LogP contribution in [-0.4, -0.2) is 84.2 Å². The van der Waals surface area contributed by atoms with Crippen LogP contribution in [0.3, 0.4) is 0 Å². The number of fused-ring (bicyclic) bond motifs is 2. The zero-order valence-electron chi connectivity index (χ0n) is 19.5. The van der Waals surface area contributed by atoms with Crippen molar-refractivity contribution in [3.8, 4) is 5.75 Å². The molecule has 1 aromatic rings. The largest absolute Gasteiger partial charge is 0.496 e. The van der Waals surface area contributed by atoms with Crippen molar-refractivity contribution in [2.24, 2.45) is 11.8 Å².